The van der Waals surface area contributed by atoms with Crippen molar-refractivity contribution in [2.75, 3.05) is 6.54 Å². The van der Waals surface area contributed by atoms with Crippen molar-refractivity contribution in [3.8, 4) is 5.75 Å². The number of carbonyl (C=O) groups is 2. The van der Waals surface area contributed by atoms with E-state index in [9.17, 15) is 22.8 Å². The molecule has 2 aromatic rings. The Morgan fingerprint density at radius 1 is 1.24 bits per heavy atom. The summed E-state index contributed by atoms with van der Waals surface area (Å²) in [6.07, 6.45) is 0.0817. The molecular formula is C16H12F3N3O3. The summed E-state index contributed by atoms with van der Waals surface area (Å²) in [7, 11) is 0. The third-order valence-corrected chi connectivity index (χ3v) is 3.51. The number of benzene rings is 1. The van der Waals surface area contributed by atoms with Crippen molar-refractivity contribution in [2.24, 2.45) is 0 Å². The van der Waals surface area contributed by atoms with Gasteiger partial charge in [0.25, 0.3) is 0 Å². The van der Waals surface area contributed by atoms with Crippen LogP contribution in [-0.4, -0.2) is 28.4 Å². The monoisotopic (exact) mass is 351 g/mol. The molecule has 2 amide bonds. The lowest BCUT2D eigenvalue weighted by molar-refractivity contribution is -0.122. The molecular weight excluding hydrogens is 339 g/mol. The van der Waals surface area contributed by atoms with E-state index in [-0.39, 0.29) is 31.1 Å². The zero-order chi connectivity index (χ0) is 18.0. The lowest BCUT2D eigenvalue weighted by Crippen LogP contribution is -2.43. The number of nitrogens with one attached hydrogen (secondary N) is 1. The van der Waals surface area contributed by atoms with Gasteiger partial charge in [-0.3, -0.25) is 14.7 Å². The average molecular weight is 351 g/mol. The number of rotatable bonds is 4. The molecule has 1 aromatic carbocycles. The number of pyridine rings is 1. The van der Waals surface area contributed by atoms with Crippen LogP contribution in [0.4, 0.5) is 18.0 Å². The minimum absolute atomic E-state index is 0.00249. The number of ether oxygens (including phenoxy) is 1. The van der Waals surface area contributed by atoms with E-state index in [1.54, 1.807) is 0 Å². The molecule has 0 aliphatic carbocycles. The van der Waals surface area contributed by atoms with E-state index in [1.165, 1.54) is 18.2 Å². The molecule has 130 valence electrons. The first-order valence-corrected chi connectivity index (χ1v) is 7.24. The number of nitrogens with zero attached hydrogens (tertiary/aromatic N) is 2. The van der Waals surface area contributed by atoms with Crippen molar-refractivity contribution in [3.63, 3.8) is 0 Å². The molecule has 0 bridgehead atoms. The van der Waals surface area contributed by atoms with Crippen LogP contribution in [0.15, 0.2) is 30.5 Å². The SMILES string of the molecule is O=C(CN1Cc2cc(F)ccc2OC1=O)NCc1ncc(F)cc1F. The van der Waals surface area contributed by atoms with Gasteiger partial charge in [-0.2, -0.15) is 0 Å². The molecule has 0 fully saturated rings. The number of fused-ring (bicyclic) bond motifs is 1. The van der Waals surface area contributed by atoms with Gasteiger partial charge in [-0.1, -0.05) is 0 Å². The Morgan fingerprint density at radius 2 is 2.04 bits per heavy atom. The number of halogens is 3. The molecule has 1 aliphatic rings. The topological polar surface area (TPSA) is 71.5 Å². The van der Waals surface area contributed by atoms with Crippen LogP contribution in [0.3, 0.4) is 0 Å². The Hall–Kier alpha value is -3.10. The van der Waals surface area contributed by atoms with Crippen molar-refractivity contribution in [2.45, 2.75) is 13.1 Å². The highest BCUT2D eigenvalue weighted by Gasteiger charge is 2.27. The molecule has 25 heavy (non-hydrogen) atoms. The summed E-state index contributed by atoms with van der Waals surface area (Å²) in [6.45, 7) is -0.626. The van der Waals surface area contributed by atoms with Crippen LogP contribution in [-0.2, 0) is 17.9 Å². The van der Waals surface area contributed by atoms with Crippen LogP contribution in [0.1, 0.15) is 11.3 Å². The van der Waals surface area contributed by atoms with Crippen molar-refractivity contribution in [1.82, 2.24) is 15.2 Å². The number of aromatic nitrogens is 1. The standard InChI is InChI=1S/C16H12F3N3O3/c17-10-1-2-14-9(3-10)7-22(16(24)25-14)8-15(23)21-6-13-12(19)4-11(18)5-20-13/h1-5H,6-8H2,(H,21,23). The van der Waals surface area contributed by atoms with Crippen LogP contribution in [0, 0.1) is 17.5 Å². The zero-order valence-corrected chi connectivity index (χ0v) is 12.8. The van der Waals surface area contributed by atoms with Crippen LogP contribution >= 0.6 is 0 Å². The Bertz CT molecular complexity index is 845. The molecule has 6 nitrogen and oxygen atoms in total. The normalized spacial score (nSPS) is 13.2. The van der Waals surface area contributed by atoms with Gasteiger partial charge < -0.3 is 10.1 Å². The highest BCUT2D eigenvalue weighted by atomic mass is 19.1. The fourth-order valence-corrected chi connectivity index (χ4v) is 2.30. The lowest BCUT2D eigenvalue weighted by atomic mass is 10.1. The maximum Gasteiger partial charge on any atom is 0.416 e. The predicted molar refractivity (Wildman–Crippen MR) is 78.8 cm³/mol. The Morgan fingerprint density at radius 3 is 2.80 bits per heavy atom. The highest BCUT2D eigenvalue weighted by molar-refractivity contribution is 5.83. The summed E-state index contributed by atoms with van der Waals surface area (Å²) in [4.78, 5) is 28.4. The second kappa shape index (κ2) is 6.80. The van der Waals surface area contributed by atoms with E-state index in [0.717, 1.165) is 11.1 Å². The summed E-state index contributed by atoms with van der Waals surface area (Å²) in [5.41, 5.74) is 0.294. The van der Waals surface area contributed by atoms with Gasteiger partial charge >= 0.3 is 6.09 Å². The quantitative estimate of drug-likeness (QED) is 0.916. The molecule has 1 aliphatic heterocycles. The maximum absolute atomic E-state index is 13.5. The molecule has 0 radical (unpaired) electrons. The zero-order valence-electron chi connectivity index (χ0n) is 12.8. The summed E-state index contributed by atoms with van der Waals surface area (Å²) in [5.74, 6) is -2.56. The van der Waals surface area contributed by atoms with Crippen molar-refractivity contribution in [1.29, 1.82) is 0 Å². The Labute approximate surface area is 140 Å². The molecule has 1 aromatic heterocycles. The first-order valence-electron chi connectivity index (χ1n) is 7.24. The molecule has 0 saturated carbocycles. The van der Waals surface area contributed by atoms with Crippen LogP contribution in [0.25, 0.3) is 0 Å². The van der Waals surface area contributed by atoms with Gasteiger partial charge in [-0.05, 0) is 18.2 Å². The van der Waals surface area contributed by atoms with E-state index in [2.05, 4.69) is 10.3 Å². The fourth-order valence-electron chi connectivity index (χ4n) is 2.30. The third-order valence-electron chi connectivity index (χ3n) is 3.51. The summed E-state index contributed by atoms with van der Waals surface area (Å²) in [6, 6.07) is 4.37. The molecule has 0 spiro atoms. The Balaban J connectivity index is 1.60. The lowest BCUT2D eigenvalue weighted by Gasteiger charge is -2.27. The summed E-state index contributed by atoms with van der Waals surface area (Å²) < 4.78 is 44.5. The summed E-state index contributed by atoms with van der Waals surface area (Å²) >= 11 is 0. The number of hydrogen-bond donors (Lipinski definition) is 1. The van der Waals surface area contributed by atoms with Crippen molar-refractivity contribution < 1.29 is 27.5 Å². The minimum atomic E-state index is -0.887. The van der Waals surface area contributed by atoms with Gasteiger partial charge in [0.15, 0.2) is 0 Å². The maximum atomic E-state index is 13.5. The van der Waals surface area contributed by atoms with Gasteiger partial charge in [0.1, 0.15) is 29.7 Å². The third kappa shape index (κ3) is 3.87. The smallest absolute Gasteiger partial charge is 0.410 e. The van der Waals surface area contributed by atoms with E-state index >= 15 is 0 Å². The first kappa shape index (κ1) is 16.7. The molecule has 1 N–H and O–H groups in total. The number of hydrogen-bond acceptors (Lipinski definition) is 4. The highest BCUT2D eigenvalue weighted by Crippen LogP contribution is 2.26. The van der Waals surface area contributed by atoms with Gasteiger partial charge in [0.2, 0.25) is 5.91 Å². The van der Waals surface area contributed by atoms with Gasteiger partial charge in [-0.15, -0.1) is 0 Å². The molecule has 3 rings (SSSR count). The van der Waals surface area contributed by atoms with E-state index in [4.69, 9.17) is 4.74 Å². The van der Waals surface area contributed by atoms with E-state index in [1.807, 2.05) is 0 Å². The fraction of sp³-hybridized carbons (Fsp3) is 0.188. The van der Waals surface area contributed by atoms with Gasteiger partial charge in [0, 0.05) is 11.6 Å². The van der Waals surface area contributed by atoms with E-state index < -0.39 is 29.5 Å². The van der Waals surface area contributed by atoms with Crippen LogP contribution in [0.5, 0.6) is 5.75 Å². The number of carbonyl (C=O) groups excluding carboxylic acids is 2. The minimum Gasteiger partial charge on any atom is -0.410 e. The van der Waals surface area contributed by atoms with Crippen LogP contribution < -0.4 is 10.1 Å². The van der Waals surface area contributed by atoms with Gasteiger partial charge in [-0.25, -0.2) is 18.0 Å². The molecule has 0 saturated heterocycles. The van der Waals surface area contributed by atoms with Crippen molar-refractivity contribution >= 4 is 12.0 Å². The predicted octanol–water partition coefficient (Wildman–Crippen LogP) is 2.13. The second-order valence-electron chi connectivity index (χ2n) is 5.33. The second-order valence-corrected chi connectivity index (χ2v) is 5.33. The largest absolute Gasteiger partial charge is 0.416 e. The summed E-state index contributed by atoms with van der Waals surface area (Å²) in [5, 5.41) is 2.38. The van der Waals surface area contributed by atoms with Crippen LogP contribution in [0.2, 0.25) is 0 Å². The molecule has 2 heterocycles. The molecule has 0 atom stereocenters. The molecule has 0 unspecified atom stereocenters. The average Bonchev–Trinajstić information content (AvgIpc) is 2.55. The van der Waals surface area contributed by atoms with Crippen molar-refractivity contribution in [3.05, 3.63) is 59.2 Å². The van der Waals surface area contributed by atoms with Gasteiger partial charge in [0.05, 0.1) is 25.0 Å². The first-order chi connectivity index (χ1) is 11.9. The Kier molecular flexibility index (Phi) is 4.55. The van der Waals surface area contributed by atoms with E-state index in [0.29, 0.717) is 11.6 Å². The molecule has 9 heteroatoms. The number of amides is 2.